The first-order chi connectivity index (χ1) is 9.49. The van der Waals surface area contributed by atoms with E-state index in [2.05, 4.69) is 5.32 Å². The fraction of sp³-hybridized carbons (Fsp3) is 0.600. The van der Waals surface area contributed by atoms with Gasteiger partial charge in [-0.25, -0.2) is 8.78 Å². The Balaban J connectivity index is 2.30. The zero-order valence-electron chi connectivity index (χ0n) is 11.7. The lowest BCUT2D eigenvalue weighted by molar-refractivity contribution is 0.0858. The Morgan fingerprint density at radius 1 is 1.35 bits per heavy atom. The number of rotatable bonds is 6. The molecule has 0 heterocycles. The summed E-state index contributed by atoms with van der Waals surface area (Å²) in [6, 6.07) is 1.71. The highest BCUT2D eigenvalue weighted by Gasteiger charge is 2.39. The Morgan fingerprint density at radius 2 is 1.90 bits per heavy atom. The second-order valence-electron chi connectivity index (χ2n) is 5.45. The highest BCUT2D eigenvalue weighted by Crippen LogP contribution is 2.43. The highest BCUT2D eigenvalue weighted by atomic mass is 35.5. The van der Waals surface area contributed by atoms with Crippen molar-refractivity contribution in [1.29, 1.82) is 0 Å². The van der Waals surface area contributed by atoms with Crippen molar-refractivity contribution in [2.75, 3.05) is 7.05 Å². The molecule has 0 aromatic heterocycles. The van der Waals surface area contributed by atoms with Crippen LogP contribution in [-0.2, 0) is 0 Å². The van der Waals surface area contributed by atoms with Crippen LogP contribution >= 0.6 is 11.6 Å². The molecule has 2 rings (SSSR count). The van der Waals surface area contributed by atoms with E-state index in [0.717, 1.165) is 31.4 Å². The summed E-state index contributed by atoms with van der Waals surface area (Å²) in [4.78, 5) is 0. The largest absolute Gasteiger partial charge is 0.387 e. The monoisotopic (exact) mass is 303 g/mol. The van der Waals surface area contributed by atoms with E-state index in [9.17, 15) is 13.9 Å². The molecule has 1 saturated carbocycles. The zero-order chi connectivity index (χ0) is 14.9. The molecule has 1 aliphatic rings. The van der Waals surface area contributed by atoms with Gasteiger partial charge in [-0.1, -0.05) is 24.9 Å². The lowest BCUT2D eigenvalue weighted by Crippen LogP contribution is -2.40. The summed E-state index contributed by atoms with van der Waals surface area (Å²) < 4.78 is 27.9. The highest BCUT2D eigenvalue weighted by molar-refractivity contribution is 6.30. The van der Waals surface area contributed by atoms with E-state index >= 15 is 0 Å². The molecule has 0 bridgehead atoms. The molecule has 3 unspecified atom stereocenters. The van der Waals surface area contributed by atoms with Crippen LogP contribution in [0.2, 0.25) is 5.02 Å². The van der Waals surface area contributed by atoms with Gasteiger partial charge < -0.3 is 10.4 Å². The molecule has 1 fully saturated rings. The number of aliphatic hydroxyl groups is 1. The SMILES string of the molecule is CCC(C1CC1)C(NC)C(O)c1c(F)cc(Cl)cc1F. The average Bonchev–Trinajstić information content (AvgIpc) is 3.18. The number of nitrogens with one attached hydrogen (secondary N) is 1. The third-order valence-corrected chi connectivity index (χ3v) is 4.39. The average molecular weight is 304 g/mol. The Hall–Kier alpha value is -0.710. The van der Waals surface area contributed by atoms with Crippen molar-refractivity contribution in [3.63, 3.8) is 0 Å². The fourth-order valence-electron chi connectivity index (χ4n) is 3.03. The van der Waals surface area contributed by atoms with Crippen LogP contribution in [0, 0.1) is 23.5 Å². The molecule has 0 amide bonds. The number of aliphatic hydroxyl groups excluding tert-OH is 1. The predicted molar refractivity (Wildman–Crippen MR) is 75.7 cm³/mol. The first kappa shape index (κ1) is 15.7. The smallest absolute Gasteiger partial charge is 0.133 e. The molecule has 0 aliphatic heterocycles. The van der Waals surface area contributed by atoms with Gasteiger partial charge in [0.1, 0.15) is 17.7 Å². The molecule has 0 spiro atoms. The van der Waals surface area contributed by atoms with Crippen molar-refractivity contribution in [2.45, 2.75) is 38.3 Å². The van der Waals surface area contributed by atoms with Gasteiger partial charge in [0.25, 0.3) is 0 Å². The maximum absolute atomic E-state index is 13.9. The van der Waals surface area contributed by atoms with Crippen LogP contribution in [0.5, 0.6) is 0 Å². The van der Waals surface area contributed by atoms with E-state index in [1.54, 1.807) is 7.05 Å². The topological polar surface area (TPSA) is 32.3 Å². The minimum atomic E-state index is -1.22. The van der Waals surface area contributed by atoms with Gasteiger partial charge in [-0.05, 0) is 43.9 Å². The lowest BCUT2D eigenvalue weighted by atomic mass is 9.85. The van der Waals surface area contributed by atoms with Gasteiger partial charge in [-0.2, -0.15) is 0 Å². The first-order valence-corrected chi connectivity index (χ1v) is 7.37. The quantitative estimate of drug-likeness (QED) is 0.840. The summed E-state index contributed by atoms with van der Waals surface area (Å²) in [5, 5.41) is 13.4. The molecule has 5 heteroatoms. The minimum absolute atomic E-state index is 0.00816. The number of likely N-dealkylation sites (N-methyl/N-ethyl adjacent to an activating group) is 1. The van der Waals surface area contributed by atoms with E-state index in [1.165, 1.54) is 0 Å². The van der Waals surface area contributed by atoms with Crippen LogP contribution in [-0.4, -0.2) is 18.2 Å². The fourth-order valence-corrected chi connectivity index (χ4v) is 3.22. The van der Waals surface area contributed by atoms with Crippen molar-refractivity contribution < 1.29 is 13.9 Å². The minimum Gasteiger partial charge on any atom is -0.387 e. The Labute approximate surface area is 123 Å². The third kappa shape index (κ3) is 3.13. The van der Waals surface area contributed by atoms with Crippen molar-refractivity contribution in [3.05, 3.63) is 34.4 Å². The maximum Gasteiger partial charge on any atom is 0.133 e. The number of hydrogen-bond acceptors (Lipinski definition) is 2. The second-order valence-corrected chi connectivity index (χ2v) is 5.89. The number of halogens is 3. The van der Waals surface area contributed by atoms with Crippen LogP contribution in [0.25, 0.3) is 0 Å². The molecular weight excluding hydrogens is 284 g/mol. The molecule has 112 valence electrons. The van der Waals surface area contributed by atoms with Crippen LogP contribution in [0.4, 0.5) is 8.78 Å². The zero-order valence-corrected chi connectivity index (χ0v) is 12.4. The van der Waals surface area contributed by atoms with Crippen molar-refractivity contribution >= 4 is 11.6 Å². The molecule has 2 N–H and O–H groups in total. The lowest BCUT2D eigenvalue weighted by Gasteiger charge is -2.31. The summed E-state index contributed by atoms with van der Waals surface area (Å²) in [6.07, 6.45) is 1.89. The van der Waals surface area contributed by atoms with Crippen molar-refractivity contribution in [2.24, 2.45) is 11.8 Å². The van der Waals surface area contributed by atoms with E-state index in [4.69, 9.17) is 11.6 Å². The van der Waals surface area contributed by atoms with Crippen LogP contribution in [0.15, 0.2) is 12.1 Å². The van der Waals surface area contributed by atoms with Gasteiger partial charge in [0.2, 0.25) is 0 Å². The van der Waals surface area contributed by atoms with Crippen LogP contribution in [0.3, 0.4) is 0 Å². The number of benzene rings is 1. The van der Waals surface area contributed by atoms with E-state index < -0.39 is 17.7 Å². The van der Waals surface area contributed by atoms with Crippen LogP contribution < -0.4 is 5.32 Å². The van der Waals surface area contributed by atoms with Gasteiger partial charge in [0.15, 0.2) is 0 Å². The molecule has 1 aliphatic carbocycles. The van der Waals surface area contributed by atoms with Gasteiger partial charge in [-0.3, -0.25) is 0 Å². The second kappa shape index (κ2) is 6.37. The number of hydrogen-bond donors (Lipinski definition) is 2. The Morgan fingerprint density at radius 3 is 2.30 bits per heavy atom. The van der Waals surface area contributed by atoms with Crippen molar-refractivity contribution in [3.8, 4) is 0 Å². The summed E-state index contributed by atoms with van der Waals surface area (Å²) in [5.74, 6) is -0.850. The van der Waals surface area contributed by atoms with Crippen LogP contribution in [0.1, 0.15) is 37.9 Å². The van der Waals surface area contributed by atoms with Gasteiger partial charge in [-0.15, -0.1) is 0 Å². The summed E-state index contributed by atoms with van der Waals surface area (Å²) in [6.45, 7) is 2.04. The predicted octanol–water partition coefficient (Wildman–Crippen LogP) is 3.68. The summed E-state index contributed by atoms with van der Waals surface area (Å²) >= 11 is 5.61. The molecule has 1 aromatic rings. The first-order valence-electron chi connectivity index (χ1n) is 6.99. The Kier molecular flexibility index (Phi) is 4.99. The van der Waals surface area contributed by atoms with Gasteiger partial charge in [0, 0.05) is 11.1 Å². The molecule has 2 nitrogen and oxygen atoms in total. The van der Waals surface area contributed by atoms with E-state index in [1.807, 2.05) is 6.92 Å². The molecular formula is C15H20ClF2NO. The molecule has 1 aromatic carbocycles. The standard InChI is InChI=1S/C15H20ClF2NO/c1-3-10(8-4-5-8)14(19-2)15(20)13-11(17)6-9(16)7-12(13)18/h6-8,10,14-15,19-20H,3-5H2,1-2H3. The summed E-state index contributed by atoms with van der Waals surface area (Å²) in [7, 11) is 1.71. The molecule has 0 saturated heterocycles. The van der Waals surface area contributed by atoms with Gasteiger partial charge >= 0.3 is 0 Å². The Bertz CT molecular complexity index is 456. The molecule has 20 heavy (non-hydrogen) atoms. The van der Waals surface area contributed by atoms with E-state index in [-0.39, 0.29) is 22.5 Å². The van der Waals surface area contributed by atoms with Gasteiger partial charge in [0.05, 0.1) is 5.56 Å². The maximum atomic E-state index is 13.9. The third-order valence-electron chi connectivity index (χ3n) is 4.17. The molecule has 3 atom stereocenters. The molecule has 0 radical (unpaired) electrons. The van der Waals surface area contributed by atoms with Crippen molar-refractivity contribution in [1.82, 2.24) is 5.32 Å². The van der Waals surface area contributed by atoms with E-state index in [0.29, 0.717) is 5.92 Å². The normalized spacial score (nSPS) is 19.7. The summed E-state index contributed by atoms with van der Waals surface area (Å²) in [5.41, 5.74) is -0.298.